The van der Waals surface area contributed by atoms with E-state index in [4.69, 9.17) is 4.74 Å². The summed E-state index contributed by atoms with van der Waals surface area (Å²) in [7, 11) is 1.51. The van der Waals surface area contributed by atoms with Crippen LogP contribution >= 0.6 is 0 Å². The molecule has 0 aliphatic heterocycles. The number of hydrogen-bond donors (Lipinski definition) is 1. The second kappa shape index (κ2) is 6.15. The van der Waals surface area contributed by atoms with Gasteiger partial charge >= 0.3 is 0 Å². The molecule has 5 nitrogen and oxygen atoms in total. The molecule has 0 aliphatic rings. The van der Waals surface area contributed by atoms with E-state index in [2.05, 4.69) is 28.7 Å². The molecule has 90 valence electrons. The number of H-pyrrole nitrogens is 1. The molecular formula is C11H19N3O2. The molecule has 0 atom stereocenters. The zero-order valence-electron chi connectivity index (χ0n) is 10.1. The molecule has 0 unspecified atom stereocenters. The number of nitrogens with zero attached hydrogens (tertiary/aromatic N) is 2. The van der Waals surface area contributed by atoms with Crippen molar-refractivity contribution in [1.82, 2.24) is 9.97 Å². The SMILES string of the molecule is CCCN(CCC)c1nc(OC)cc(=O)[nH]1. The highest BCUT2D eigenvalue weighted by atomic mass is 16.5. The lowest BCUT2D eigenvalue weighted by Crippen LogP contribution is -2.28. The van der Waals surface area contributed by atoms with Crippen LogP contribution < -0.4 is 15.2 Å². The minimum Gasteiger partial charge on any atom is -0.481 e. The fraction of sp³-hybridized carbons (Fsp3) is 0.636. The molecule has 0 aromatic carbocycles. The minimum absolute atomic E-state index is 0.181. The summed E-state index contributed by atoms with van der Waals surface area (Å²) < 4.78 is 4.98. The Morgan fingerprint density at radius 3 is 2.50 bits per heavy atom. The molecule has 0 amide bonds. The van der Waals surface area contributed by atoms with Crippen molar-refractivity contribution >= 4 is 5.95 Å². The summed E-state index contributed by atoms with van der Waals surface area (Å²) >= 11 is 0. The molecule has 5 heteroatoms. The first-order chi connectivity index (χ1) is 7.71. The van der Waals surface area contributed by atoms with Gasteiger partial charge in [-0.3, -0.25) is 9.78 Å². The van der Waals surface area contributed by atoms with Crippen LogP contribution in [0.4, 0.5) is 5.95 Å². The summed E-state index contributed by atoms with van der Waals surface area (Å²) in [6.45, 7) is 5.95. The number of methoxy groups -OCH3 is 1. The van der Waals surface area contributed by atoms with Crippen molar-refractivity contribution in [3.63, 3.8) is 0 Å². The second-order valence-electron chi connectivity index (χ2n) is 3.60. The van der Waals surface area contributed by atoms with Crippen molar-refractivity contribution in [2.24, 2.45) is 0 Å². The zero-order valence-corrected chi connectivity index (χ0v) is 10.1. The Hall–Kier alpha value is -1.52. The van der Waals surface area contributed by atoms with Gasteiger partial charge in [-0.05, 0) is 12.8 Å². The van der Waals surface area contributed by atoms with Crippen molar-refractivity contribution in [3.8, 4) is 5.88 Å². The lowest BCUT2D eigenvalue weighted by Gasteiger charge is -2.21. The number of rotatable bonds is 6. The second-order valence-corrected chi connectivity index (χ2v) is 3.60. The number of aromatic nitrogens is 2. The van der Waals surface area contributed by atoms with Gasteiger partial charge in [0.25, 0.3) is 5.56 Å². The Kier molecular flexibility index (Phi) is 4.82. The Morgan fingerprint density at radius 2 is 2.00 bits per heavy atom. The van der Waals surface area contributed by atoms with Gasteiger partial charge in [-0.15, -0.1) is 0 Å². The van der Waals surface area contributed by atoms with E-state index in [-0.39, 0.29) is 5.56 Å². The van der Waals surface area contributed by atoms with Crippen molar-refractivity contribution in [2.75, 3.05) is 25.1 Å². The maximum Gasteiger partial charge on any atom is 0.256 e. The summed E-state index contributed by atoms with van der Waals surface area (Å²) in [5, 5.41) is 0. The number of ether oxygens (including phenoxy) is 1. The van der Waals surface area contributed by atoms with Crippen LogP contribution in [0.2, 0.25) is 0 Å². The van der Waals surface area contributed by atoms with Crippen molar-refractivity contribution in [1.29, 1.82) is 0 Å². The Morgan fingerprint density at radius 1 is 1.38 bits per heavy atom. The molecule has 0 radical (unpaired) electrons. The molecule has 1 aromatic rings. The first kappa shape index (κ1) is 12.5. The van der Waals surface area contributed by atoms with Crippen molar-refractivity contribution in [3.05, 3.63) is 16.4 Å². The summed E-state index contributed by atoms with van der Waals surface area (Å²) in [5.74, 6) is 0.948. The normalized spacial score (nSPS) is 10.2. The van der Waals surface area contributed by atoms with Crippen LogP contribution in [0.3, 0.4) is 0 Å². The molecule has 0 saturated carbocycles. The highest BCUT2D eigenvalue weighted by Gasteiger charge is 2.08. The Balaban J connectivity index is 2.98. The highest BCUT2D eigenvalue weighted by molar-refractivity contribution is 5.31. The first-order valence-electron chi connectivity index (χ1n) is 5.61. The molecule has 0 aliphatic carbocycles. The average molecular weight is 225 g/mol. The molecule has 1 N–H and O–H groups in total. The van der Waals surface area contributed by atoms with Crippen LogP contribution in [0.15, 0.2) is 10.9 Å². The number of anilines is 1. The summed E-state index contributed by atoms with van der Waals surface area (Å²) in [5.41, 5.74) is -0.181. The van der Waals surface area contributed by atoms with E-state index in [0.29, 0.717) is 11.8 Å². The summed E-state index contributed by atoms with van der Waals surface area (Å²) in [4.78, 5) is 20.4. The zero-order chi connectivity index (χ0) is 12.0. The van der Waals surface area contributed by atoms with Gasteiger partial charge in [0.15, 0.2) is 0 Å². The van der Waals surface area contributed by atoms with Gasteiger partial charge in [-0.25, -0.2) is 0 Å². The minimum atomic E-state index is -0.181. The molecule has 0 bridgehead atoms. The lowest BCUT2D eigenvalue weighted by atomic mass is 10.4. The monoisotopic (exact) mass is 225 g/mol. The van der Waals surface area contributed by atoms with E-state index in [1.807, 2.05) is 0 Å². The predicted octanol–water partition coefficient (Wildman–Crippen LogP) is 1.40. The van der Waals surface area contributed by atoms with E-state index in [9.17, 15) is 4.79 Å². The molecule has 1 heterocycles. The van der Waals surface area contributed by atoms with Gasteiger partial charge in [0.05, 0.1) is 13.2 Å². The van der Waals surface area contributed by atoms with Gasteiger partial charge in [-0.1, -0.05) is 13.8 Å². The lowest BCUT2D eigenvalue weighted by molar-refractivity contribution is 0.396. The first-order valence-corrected chi connectivity index (χ1v) is 5.61. The fourth-order valence-corrected chi connectivity index (χ4v) is 1.54. The largest absolute Gasteiger partial charge is 0.481 e. The third-order valence-corrected chi connectivity index (χ3v) is 2.20. The van der Waals surface area contributed by atoms with Crippen LogP contribution in [0.1, 0.15) is 26.7 Å². The van der Waals surface area contributed by atoms with Gasteiger partial charge in [-0.2, -0.15) is 4.98 Å². The average Bonchev–Trinajstić information content (AvgIpc) is 2.28. The number of aromatic amines is 1. The van der Waals surface area contributed by atoms with Crippen LogP contribution in [0.5, 0.6) is 5.88 Å². The molecular weight excluding hydrogens is 206 g/mol. The molecule has 0 saturated heterocycles. The maximum absolute atomic E-state index is 11.4. The van der Waals surface area contributed by atoms with Gasteiger partial charge in [0, 0.05) is 13.1 Å². The molecule has 1 rings (SSSR count). The fourth-order valence-electron chi connectivity index (χ4n) is 1.54. The van der Waals surface area contributed by atoms with Crippen LogP contribution in [0, 0.1) is 0 Å². The van der Waals surface area contributed by atoms with Crippen LogP contribution in [-0.4, -0.2) is 30.2 Å². The molecule has 0 spiro atoms. The summed E-state index contributed by atoms with van der Waals surface area (Å²) in [6.07, 6.45) is 2.03. The van der Waals surface area contributed by atoms with E-state index in [1.54, 1.807) is 0 Å². The predicted molar refractivity (Wildman–Crippen MR) is 64.2 cm³/mol. The molecule has 1 aromatic heterocycles. The highest BCUT2D eigenvalue weighted by Crippen LogP contribution is 2.10. The van der Waals surface area contributed by atoms with E-state index in [0.717, 1.165) is 25.9 Å². The maximum atomic E-state index is 11.4. The standard InChI is InChI=1S/C11H19N3O2/c1-4-6-14(7-5-2)11-12-9(15)8-10(13-11)16-3/h8H,4-7H2,1-3H3,(H,12,13,15). The Bertz CT molecular complexity index is 370. The number of nitrogens with one attached hydrogen (secondary N) is 1. The van der Waals surface area contributed by atoms with E-state index < -0.39 is 0 Å². The van der Waals surface area contributed by atoms with Gasteiger partial charge in [0.2, 0.25) is 11.8 Å². The van der Waals surface area contributed by atoms with E-state index >= 15 is 0 Å². The van der Waals surface area contributed by atoms with Crippen LogP contribution in [-0.2, 0) is 0 Å². The third-order valence-electron chi connectivity index (χ3n) is 2.20. The van der Waals surface area contributed by atoms with E-state index in [1.165, 1.54) is 13.2 Å². The topological polar surface area (TPSA) is 58.2 Å². The number of hydrogen-bond acceptors (Lipinski definition) is 4. The quantitative estimate of drug-likeness (QED) is 0.795. The summed E-state index contributed by atoms with van der Waals surface area (Å²) in [6, 6.07) is 1.35. The van der Waals surface area contributed by atoms with Gasteiger partial charge in [0.1, 0.15) is 0 Å². The van der Waals surface area contributed by atoms with Crippen molar-refractivity contribution in [2.45, 2.75) is 26.7 Å². The smallest absolute Gasteiger partial charge is 0.256 e. The molecule has 16 heavy (non-hydrogen) atoms. The molecule has 0 fully saturated rings. The Labute approximate surface area is 95.5 Å². The third kappa shape index (κ3) is 3.25. The van der Waals surface area contributed by atoms with Crippen LogP contribution in [0.25, 0.3) is 0 Å². The van der Waals surface area contributed by atoms with Crippen molar-refractivity contribution < 1.29 is 4.74 Å². The van der Waals surface area contributed by atoms with Gasteiger partial charge < -0.3 is 9.64 Å².